The summed E-state index contributed by atoms with van der Waals surface area (Å²) in [6.07, 6.45) is 3.67. The maximum absolute atomic E-state index is 9.35. The zero-order chi connectivity index (χ0) is 13.2. The highest BCUT2D eigenvalue weighted by Crippen LogP contribution is 2.26. The predicted molar refractivity (Wildman–Crippen MR) is 77.3 cm³/mol. The zero-order valence-corrected chi connectivity index (χ0v) is 11.2. The fraction of sp³-hybridized carbons (Fsp3) is 0.375. The Morgan fingerprint density at radius 1 is 1.16 bits per heavy atom. The molecule has 1 aliphatic rings. The first-order valence-corrected chi connectivity index (χ1v) is 6.84. The first-order chi connectivity index (χ1) is 9.28. The Morgan fingerprint density at radius 2 is 1.95 bits per heavy atom. The summed E-state index contributed by atoms with van der Waals surface area (Å²) in [4.78, 5) is 6.99. The second-order valence-electron chi connectivity index (χ2n) is 5.22. The average molecular weight is 251 g/mol. The molecule has 1 fully saturated rings. The van der Waals surface area contributed by atoms with Crippen molar-refractivity contribution in [3.63, 3.8) is 0 Å². The summed E-state index contributed by atoms with van der Waals surface area (Å²) in [6.45, 7) is 4.10. The van der Waals surface area contributed by atoms with Crippen molar-refractivity contribution >= 4 is 16.7 Å². The number of nitrogens with zero attached hydrogens (tertiary/aromatic N) is 3. The monoisotopic (exact) mass is 251 g/mol. The quantitative estimate of drug-likeness (QED) is 0.779. The Morgan fingerprint density at radius 3 is 2.68 bits per heavy atom. The van der Waals surface area contributed by atoms with Crippen molar-refractivity contribution in [3.8, 4) is 6.07 Å². The molecule has 0 amide bonds. The van der Waals surface area contributed by atoms with Crippen LogP contribution in [0.1, 0.15) is 30.4 Å². The number of hydrogen-bond acceptors (Lipinski definition) is 3. The number of anilines is 1. The molecule has 0 atom stereocenters. The Balaban J connectivity index is 2.13. The molecule has 0 N–H and O–H groups in total. The van der Waals surface area contributed by atoms with Crippen LogP contribution in [0.4, 0.5) is 5.82 Å². The molecular weight excluding hydrogens is 234 g/mol. The summed E-state index contributed by atoms with van der Waals surface area (Å²) in [5.41, 5.74) is 2.88. The van der Waals surface area contributed by atoms with Crippen molar-refractivity contribution in [3.05, 3.63) is 35.4 Å². The molecule has 2 heterocycles. The van der Waals surface area contributed by atoms with E-state index in [4.69, 9.17) is 4.98 Å². The fourth-order valence-corrected chi connectivity index (χ4v) is 2.70. The summed E-state index contributed by atoms with van der Waals surface area (Å²) in [7, 11) is 0. The lowest BCUT2D eigenvalue weighted by atomic mass is 10.1. The molecule has 3 rings (SSSR count). The average Bonchev–Trinajstić information content (AvgIpc) is 2.46. The molecule has 0 aliphatic carbocycles. The Labute approximate surface area is 113 Å². The first-order valence-electron chi connectivity index (χ1n) is 6.84. The van der Waals surface area contributed by atoms with Gasteiger partial charge in [-0.15, -0.1) is 0 Å². The molecule has 96 valence electrons. The zero-order valence-electron chi connectivity index (χ0n) is 11.2. The fourth-order valence-electron chi connectivity index (χ4n) is 2.70. The molecule has 0 unspecified atom stereocenters. The van der Waals surface area contributed by atoms with Gasteiger partial charge in [0.05, 0.1) is 11.1 Å². The molecule has 1 saturated heterocycles. The van der Waals surface area contributed by atoms with E-state index in [-0.39, 0.29) is 0 Å². The Hall–Kier alpha value is -2.08. The molecule has 0 spiro atoms. The molecule has 0 bridgehead atoms. The van der Waals surface area contributed by atoms with Gasteiger partial charge in [-0.25, -0.2) is 4.98 Å². The minimum absolute atomic E-state index is 0.693. The van der Waals surface area contributed by atoms with Crippen LogP contribution in [0, 0.1) is 18.3 Å². The number of hydrogen-bond donors (Lipinski definition) is 0. The van der Waals surface area contributed by atoms with Gasteiger partial charge in [0, 0.05) is 18.5 Å². The number of aromatic nitrogens is 1. The van der Waals surface area contributed by atoms with Crippen molar-refractivity contribution in [2.75, 3.05) is 18.0 Å². The summed E-state index contributed by atoms with van der Waals surface area (Å²) in [5, 5.41) is 10.4. The van der Waals surface area contributed by atoms with E-state index in [1.54, 1.807) is 0 Å². The van der Waals surface area contributed by atoms with Crippen molar-refractivity contribution in [1.82, 2.24) is 4.98 Å². The SMILES string of the molecule is Cc1ccc2cc(C#N)c(N3CCCCC3)nc2c1. The number of benzene rings is 1. The van der Waals surface area contributed by atoms with Crippen molar-refractivity contribution in [2.45, 2.75) is 26.2 Å². The highest BCUT2D eigenvalue weighted by molar-refractivity contribution is 5.83. The third-order valence-electron chi connectivity index (χ3n) is 3.73. The third kappa shape index (κ3) is 2.26. The molecule has 1 aromatic heterocycles. The van der Waals surface area contributed by atoms with Crippen molar-refractivity contribution < 1.29 is 0 Å². The molecule has 0 radical (unpaired) electrons. The van der Waals surface area contributed by atoms with Gasteiger partial charge in [0.1, 0.15) is 11.9 Å². The molecule has 1 aromatic carbocycles. The summed E-state index contributed by atoms with van der Waals surface area (Å²) in [5.74, 6) is 0.861. The van der Waals surface area contributed by atoms with Gasteiger partial charge in [0.15, 0.2) is 0 Å². The smallest absolute Gasteiger partial charge is 0.147 e. The van der Waals surface area contributed by atoms with Gasteiger partial charge in [-0.3, -0.25) is 0 Å². The van der Waals surface area contributed by atoms with E-state index in [9.17, 15) is 5.26 Å². The van der Waals surface area contributed by atoms with Crippen LogP contribution >= 0.6 is 0 Å². The van der Waals surface area contributed by atoms with Gasteiger partial charge >= 0.3 is 0 Å². The second-order valence-corrected chi connectivity index (χ2v) is 5.22. The number of aryl methyl sites for hydroxylation is 1. The van der Waals surface area contributed by atoms with Crippen LogP contribution in [-0.4, -0.2) is 18.1 Å². The van der Waals surface area contributed by atoms with Crippen LogP contribution in [0.3, 0.4) is 0 Å². The number of pyridine rings is 1. The van der Waals surface area contributed by atoms with Crippen LogP contribution in [0.2, 0.25) is 0 Å². The number of piperidine rings is 1. The van der Waals surface area contributed by atoms with E-state index in [1.165, 1.54) is 24.8 Å². The first kappa shape index (κ1) is 12.0. The largest absolute Gasteiger partial charge is 0.356 e. The van der Waals surface area contributed by atoms with E-state index >= 15 is 0 Å². The van der Waals surface area contributed by atoms with E-state index in [1.807, 2.05) is 12.1 Å². The highest BCUT2D eigenvalue weighted by atomic mass is 15.2. The molecule has 0 saturated carbocycles. The summed E-state index contributed by atoms with van der Waals surface area (Å²) < 4.78 is 0. The van der Waals surface area contributed by atoms with Gasteiger partial charge in [0.25, 0.3) is 0 Å². The second kappa shape index (κ2) is 4.89. The molecule has 3 nitrogen and oxygen atoms in total. The molecule has 1 aliphatic heterocycles. The number of nitriles is 1. The Bertz CT molecular complexity index is 649. The number of fused-ring (bicyclic) bond motifs is 1. The lowest BCUT2D eigenvalue weighted by Crippen LogP contribution is -2.30. The van der Waals surface area contributed by atoms with Gasteiger partial charge in [-0.1, -0.05) is 12.1 Å². The van der Waals surface area contributed by atoms with Crippen LogP contribution < -0.4 is 4.90 Å². The van der Waals surface area contributed by atoms with Gasteiger partial charge in [0.2, 0.25) is 0 Å². The minimum Gasteiger partial charge on any atom is -0.356 e. The standard InChI is InChI=1S/C16H17N3/c1-12-5-6-13-10-14(11-17)16(18-15(13)9-12)19-7-3-2-4-8-19/h5-6,9-10H,2-4,7-8H2,1H3. The van der Waals surface area contributed by atoms with Crippen molar-refractivity contribution in [1.29, 1.82) is 5.26 Å². The van der Waals surface area contributed by atoms with E-state index in [0.717, 1.165) is 29.8 Å². The van der Waals surface area contributed by atoms with Crippen LogP contribution in [0.5, 0.6) is 0 Å². The van der Waals surface area contributed by atoms with Crippen LogP contribution in [0.15, 0.2) is 24.3 Å². The lowest BCUT2D eigenvalue weighted by Gasteiger charge is -2.28. The van der Waals surface area contributed by atoms with Crippen molar-refractivity contribution in [2.24, 2.45) is 0 Å². The van der Waals surface area contributed by atoms with Crippen LogP contribution in [-0.2, 0) is 0 Å². The topological polar surface area (TPSA) is 39.9 Å². The minimum atomic E-state index is 0.693. The summed E-state index contributed by atoms with van der Waals surface area (Å²) >= 11 is 0. The Kier molecular flexibility index (Phi) is 3.08. The molecule has 2 aromatic rings. The molecule has 19 heavy (non-hydrogen) atoms. The molecular formula is C16H17N3. The van der Waals surface area contributed by atoms with E-state index < -0.39 is 0 Å². The van der Waals surface area contributed by atoms with Gasteiger partial charge in [-0.2, -0.15) is 5.26 Å². The van der Waals surface area contributed by atoms with E-state index in [0.29, 0.717) is 5.56 Å². The van der Waals surface area contributed by atoms with Crippen LogP contribution in [0.25, 0.3) is 10.9 Å². The summed E-state index contributed by atoms with van der Waals surface area (Å²) in [6, 6.07) is 10.4. The predicted octanol–water partition coefficient (Wildman–Crippen LogP) is 3.41. The molecule has 3 heteroatoms. The van der Waals surface area contributed by atoms with E-state index in [2.05, 4.69) is 30.0 Å². The number of rotatable bonds is 1. The maximum Gasteiger partial charge on any atom is 0.147 e. The van der Waals surface area contributed by atoms with Gasteiger partial charge < -0.3 is 4.90 Å². The highest BCUT2D eigenvalue weighted by Gasteiger charge is 2.16. The lowest BCUT2D eigenvalue weighted by molar-refractivity contribution is 0.573. The maximum atomic E-state index is 9.35. The third-order valence-corrected chi connectivity index (χ3v) is 3.73. The van der Waals surface area contributed by atoms with Gasteiger partial charge in [-0.05, 0) is 43.9 Å². The normalized spacial score (nSPS) is 15.5.